The third kappa shape index (κ3) is 4.65. The summed E-state index contributed by atoms with van der Waals surface area (Å²) in [5, 5.41) is 2.70. The summed E-state index contributed by atoms with van der Waals surface area (Å²) in [4.78, 5) is 17.3. The van der Waals surface area contributed by atoms with Crippen molar-refractivity contribution < 1.29 is 17.9 Å². The van der Waals surface area contributed by atoms with Gasteiger partial charge in [-0.25, -0.2) is 18.2 Å². The Hall–Kier alpha value is -3.33. The second-order valence-electron chi connectivity index (χ2n) is 7.97. The highest BCUT2D eigenvalue weighted by Crippen LogP contribution is 2.26. The van der Waals surface area contributed by atoms with E-state index in [0.29, 0.717) is 25.2 Å². The van der Waals surface area contributed by atoms with Gasteiger partial charge in [-0.15, -0.1) is 11.3 Å². The number of carbonyl (C=O) groups excluding carboxylic acids is 1. The number of hydrogen-bond donors (Lipinski definition) is 0. The lowest BCUT2D eigenvalue weighted by Crippen LogP contribution is -2.36. The first-order valence-electron chi connectivity index (χ1n) is 10.8. The summed E-state index contributed by atoms with van der Waals surface area (Å²) in [5.41, 5.74) is 4.02. The number of esters is 1. The zero-order chi connectivity index (χ0) is 23.5. The Kier molecular flexibility index (Phi) is 6.28. The molecule has 3 aromatic carbocycles. The number of nitrogens with zero attached hydrogens (tertiary/aromatic N) is 2. The molecule has 2 heterocycles. The Labute approximate surface area is 202 Å². The van der Waals surface area contributed by atoms with Crippen LogP contribution in [0, 0.1) is 0 Å². The van der Waals surface area contributed by atoms with E-state index in [1.165, 1.54) is 33.3 Å². The van der Waals surface area contributed by atoms with Crippen molar-refractivity contribution in [1.29, 1.82) is 0 Å². The van der Waals surface area contributed by atoms with Crippen molar-refractivity contribution in [3.05, 3.63) is 107 Å². The minimum absolute atomic E-state index is 0.0159. The molecule has 172 valence electrons. The predicted molar refractivity (Wildman–Crippen MR) is 131 cm³/mol. The van der Waals surface area contributed by atoms with Gasteiger partial charge in [0.2, 0.25) is 10.0 Å². The van der Waals surface area contributed by atoms with E-state index in [4.69, 9.17) is 4.74 Å². The molecule has 0 spiro atoms. The summed E-state index contributed by atoms with van der Waals surface area (Å²) in [6, 6.07) is 23.7. The summed E-state index contributed by atoms with van der Waals surface area (Å²) >= 11 is 1.48. The Morgan fingerprint density at radius 1 is 0.971 bits per heavy atom. The Morgan fingerprint density at radius 3 is 2.56 bits per heavy atom. The molecule has 6 nitrogen and oxygen atoms in total. The molecule has 0 bridgehead atoms. The molecule has 0 saturated heterocycles. The van der Waals surface area contributed by atoms with Crippen LogP contribution in [0.4, 0.5) is 0 Å². The average molecular weight is 491 g/mol. The smallest absolute Gasteiger partial charge is 0.338 e. The number of aromatic nitrogens is 1. The molecule has 1 aliphatic heterocycles. The lowest BCUT2D eigenvalue weighted by Gasteiger charge is -2.28. The summed E-state index contributed by atoms with van der Waals surface area (Å²) in [5.74, 6) is -0.588. The maximum absolute atomic E-state index is 13.3. The van der Waals surface area contributed by atoms with Crippen LogP contribution in [-0.4, -0.2) is 30.2 Å². The summed E-state index contributed by atoms with van der Waals surface area (Å²) in [6.45, 7) is 0.740. The minimum Gasteiger partial charge on any atom is -0.456 e. The van der Waals surface area contributed by atoms with E-state index in [-0.39, 0.29) is 17.1 Å². The largest absolute Gasteiger partial charge is 0.456 e. The van der Waals surface area contributed by atoms with E-state index in [1.54, 1.807) is 12.1 Å². The van der Waals surface area contributed by atoms with Crippen molar-refractivity contribution in [3.8, 4) is 10.6 Å². The molecule has 1 aromatic heterocycles. The molecular weight excluding hydrogens is 468 g/mol. The average Bonchev–Trinajstić information content (AvgIpc) is 3.37. The second-order valence-corrected chi connectivity index (χ2v) is 10.8. The van der Waals surface area contributed by atoms with E-state index in [1.807, 2.05) is 60.0 Å². The Morgan fingerprint density at radius 2 is 1.74 bits per heavy atom. The summed E-state index contributed by atoms with van der Waals surface area (Å²) in [7, 11) is -3.74. The van der Waals surface area contributed by atoms with E-state index >= 15 is 0 Å². The third-order valence-electron chi connectivity index (χ3n) is 5.73. The Balaban J connectivity index is 1.27. The first kappa shape index (κ1) is 22.5. The van der Waals surface area contributed by atoms with Gasteiger partial charge in [-0.3, -0.25) is 0 Å². The highest BCUT2D eigenvalue weighted by atomic mass is 32.2. The van der Waals surface area contributed by atoms with Crippen LogP contribution in [0.1, 0.15) is 27.2 Å². The van der Waals surface area contributed by atoms with Gasteiger partial charge >= 0.3 is 5.97 Å². The van der Waals surface area contributed by atoms with E-state index in [9.17, 15) is 13.2 Å². The van der Waals surface area contributed by atoms with Crippen LogP contribution in [0.3, 0.4) is 0 Å². The van der Waals surface area contributed by atoms with Crippen LogP contribution in [0.5, 0.6) is 0 Å². The fourth-order valence-electron chi connectivity index (χ4n) is 3.92. The molecule has 5 rings (SSSR count). The molecule has 0 atom stereocenters. The van der Waals surface area contributed by atoms with Gasteiger partial charge < -0.3 is 4.74 Å². The van der Waals surface area contributed by atoms with Crippen molar-refractivity contribution >= 4 is 27.3 Å². The van der Waals surface area contributed by atoms with E-state index < -0.39 is 16.0 Å². The lowest BCUT2D eigenvalue weighted by molar-refractivity contribution is 0.0468. The molecule has 0 unspecified atom stereocenters. The molecule has 0 aliphatic carbocycles. The van der Waals surface area contributed by atoms with Crippen LogP contribution < -0.4 is 0 Å². The lowest BCUT2D eigenvalue weighted by atomic mass is 10.0. The molecule has 34 heavy (non-hydrogen) atoms. The second kappa shape index (κ2) is 9.50. The molecule has 4 aromatic rings. The molecule has 0 saturated carbocycles. The number of rotatable bonds is 6. The molecule has 0 amide bonds. The SMILES string of the molecule is O=C(OCc1csc(-c2ccccc2)n1)c1cccc(S(=O)(=O)N2CCc3ccccc3C2)c1. The van der Waals surface area contributed by atoms with Crippen molar-refractivity contribution in [2.45, 2.75) is 24.5 Å². The van der Waals surface area contributed by atoms with Gasteiger partial charge in [0.25, 0.3) is 0 Å². The monoisotopic (exact) mass is 490 g/mol. The highest BCUT2D eigenvalue weighted by Gasteiger charge is 2.28. The maximum Gasteiger partial charge on any atom is 0.338 e. The normalized spacial score (nSPS) is 13.9. The van der Waals surface area contributed by atoms with Crippen LogP contribution in [0.2, 0.25) is 0 Å². The fraction of sp³-hybridized carbons (Fsp3) is 0.154. The summed E-state index contributed by atoms with van der Waals surface area (Å²) in [6.07, 6.45) is 0.662. The zero-order valence-corrected chi connectivity index (χ0v) is 19.9. The van der Waals surface area contributed by atoms with Crippen LogP contribution in [0.15, 0.2) is 89.1 Å². The van der Waals surface area contributed by atoms with Gasteiger partial charge in [0.05, 0.1) is 16.2 Å². The molecule has 0 fully saturated rings. The molecule has 0 radical (unpaired) electrons. The third-order valence-corrected chi connectivity index (χ3v) is 8.51. The number of carbonyl (C=O) groups is 1. The van der Waals surface area contributed by atoms with Crippen molar-refractivity contribution in [2.75, 3.05) is 6.54 Å². The first-order chi connectivity index (χ1) is 16.5. The van der Waals surface area contributed by atoms with Gasteiger partial charge in [-0.05, 0) is 35.7 Å². The summed E-state index contributed by atoms with van der Waals surface area (Å²) < 4.78 is 33.4. The number of benzene rings is 3. The molecular formula is C26H22N2O4S2. The van der Waals surface area contributed by atoms with Gasteiger partial charge in [-0.1, -0.05) is 60.7 Å². The maximum atomic E-state index is 13.3. The Bertz CT molecular complexity index is 1430. The standard InChI is InChI=1S/C26H22N2O4S2/c29-26(32-17-23-18-33-25(27-23)20-8-2-1-3-9-20)21-11-6-12-24(15-21)34(30,31)28-14-13-19-7-4-5-10-22(19)16-28/h1-12,15,18H,13-14,16-17H2. The molecule has 0 N–H and O–H groups in total. The molecule has 8 heteroatoms. The topological polar surface area (TPSA) is 76.6 Å². The van der Waals surface area contributed by atoms with Gasteiger partial charge in [0, 0.05) is 24.0 Å². The molecule has 1 aliphatic rings. The van der Waals surface area contributed by atoms with Gasteiger partial charge in [-0.2, -0.15) is 4.31 Å². The first-order valence-corrected chi connectivity index (χ1v) is 13.2. The van der Waals surface area contributed by atoms with Gasteiger partial charge in [0.1, 0.15) is 11.6 Å². The number of hydrogen-bond acceptors (Lipinski definition) is 6. The van der Waals surface area contributed by atoms with Crippen LogP contribution in [-0.2, 0) is 34.3 Å². The zero-order valence-electron chi connectivity index (χ0n) is 18.3. The predicted octanol–water partition coefficient (Wildman–Crippen LogP) is 4.91. The van der Waals surface area contributed by atoms with Crippen molar-refractivity contribution in [3.63, 3.8) is 0 Å². The fourth-order valence-corrected chi connectivity index (χ4v) is 6.19. The van der Waals surface area contributed by atoms with E-state index in [2.05, 4.69) is 4.98 Å². The number of fused-ring (bicyclic) bond motifs is 1. The minimum atomic E-state index is -3.74. The number of sulfonamides is 1. The number of ether oxygens (including phenoxy) is 1. The highest BCUT2D eigenvalue weighted by molar-refractivity contribution is 7.89. The van der Waals surface area contributed by atoms with Gasteiger partial charge in [0.15, 0.2) is 0 Å². The van der Waals surface area contributed by atoms with Crippen LogP contribution in [0.25, 0.3) is 10.6 Å². The van der Waals surface area contributed by atoms with Crippen LogP contribution >= 0.6 is 11.3 Å². The van der Waals surface area contributed by atoms with Crippen molar-refractivity contribution in [1.82, 2.24) is 9.29 Å². The van der Waals surface area contributed by atoms with E-state index in [0.717, 1.165) is 16.1 Å². The number of thiazole rings is 1. The van der Waals surface area contributed by atoms with Crippen molar-refractivity contribution in [2.24, 2.45) is 0 Å². The quantitative estimate of drug-likeness (QED) is 0.359.